The Morgan fingerprint density at radius 1 is 1.39 bits per heavy atom. The third-order valence-electron chi connectivity index (χ3n) is 3.22. The Morgan fingerprint density at radius 2 is 2.04 bits per heavy atom. The van der Waals surface area contributed by atoms with E-state index in [0.29, 0.717) is 18.8 Å². The van der Waals surface area contributed by atoms with E-state index in [1.165, 1.54) is 22.5 Å². The quantitative estimate of drug-likeness (QED) is 0.594. The van der Waals surface area contributed by atoms with Crippen LogP contribution in [0.2, 0.25) is 5.02 Å². The molecule has 126 valence electrons. The number of benzene rings is 1. The topological polar surface area (TPSA) is 72.9 Å². The van der Waals surface area contributed by atoms with Gasteiger partial charge in [0, 0.05) is 13.1 Å². The maximum Gasteiger partial charge on any atom is 0.340 e. The SMILES string of the molecule is C=C(C)COC(=O)c1cc(S(=O)(=O)N2CCOCC2)ccc1Cl. The van der Waals surface area contributed by atoms with Crippen LogP contribution in [0.15, 0.2) is 35.2 Å². The van der Waals surface area contributed by atoms with Crippen LogP contribution in [0.1, 0.15) is 17.3 Å². The molecule has 23 heavy (non-hydrogen) atoms. The molecule has 0 N–H and O–H groups in total. The molecule has 0 unspecified atom stereocenters. The van der Waals surface area contributed by atoms with Crippen LogP contribution < -0.4 is 0 Å². The van der Waals surface area contributed by atoms with E-state index in [9.17, 15) is 13.2 Å². The smallest absolute Gasteiger partial charge is 0.340 e. The fourth-order valence-electron chi connectivity index (χ4n) is 2.02. The summed E-state index contributed by atoms with van der Waals surface area (Å²) < 4.78 is 36.7. The van der Waals surface area contributed by atoms with Crippen molar-refractivity contribution in [3.05, 3.63) is 40.9 Å². The van der Waals surface area contributed by atoms with Gasteiger partial charge in [0.1, 0.15) is 6.61 Å². The lowest BCUT2D eigenvalue weighted by Gasteiger charge is -2.26. The molecule has 0 spiro atoms. The average Bonchev–Trinajstić information content (AvgIpc) is 2.53. The van der Waals surface area contributed by atoms with Gasteiger partial charge in [-0.1, -0.05) is 18.2 Å². The van der Waals surface area contributed by atoms with Crippen molar-refractivity contribution in [2.24, 2.45) is 0 Å². The highest BCUT2D eigenvalue weighted by molar-refractivity contribution is 7.89. The van der Waals surface area contributed by atoms with Crippen LogP contribution in [0.4, 0.5) is 0 Å². The molecule has 6 nitrogen and oxygen atoms in total. The number of ether oxygens (including phenoxy) is 2. The number of carbonyl (C=O) groups excluding carboxylic acids is 1. The number of halogens is 1. The van der Waals surface area contributed by atoms with Crippen molar-refractivity contribution in [3.8, 4) is 0 Å². The van der Waals surface area contributed by atoms with E-state index in [-0.39, 0.29) is 35.2 Å². The Bertz CT molecular complexity index is 711. The van der Waals surface area contributed by atoms with E-state index in [0.717, 1.165) is 0 Å². The molecule has 0 aliphatic carbocycles. The van der Waals surface area contributed by atoms with Crippen LogP contribution >= 0.6 is 11.6 Å². The maximum absolute atomic E-state index is 12.6. The first kappa shape index (κ1) is 17.9. The van der Waals surface area contributed by atoms with Gasteiger partial charge in [0.2, 0.25) is 10.0 Å². The number of hydrogen-bond donors (Lipinski definition) is 0. The lowest BCUT2D eigenvalue weighted by molar-refractivity contribution is 0.0540. The Labute approximate surface area is 140 Å². The summed E-state index contributed by atoms with van der Waals surface area (Å²) in [7, 11) is -3.70. The summed E-state index contributed by atoms with van der Waals surface area (Å²) in [5.41, 5.74) is 0.689. The van der Waals surface area contributed by atoms with Gasteiger partial charge in [0.05, 0.1) is 28.7 Å². The summed E-state index contributed by atoms with van der Waals surface area (Å²) in [6.45, 7) is 6.66. The van der Waals surface area contributed by atoms with Gasteiger partial charge in [-0.25, -0.2) is 13.2 Å². The number of hydrogen-bond acceptors (Lipinski definition) is 5. The van der Waals surface area contributed by atoms with Crippen LogP contribution in [0, 0.1) is 0 Å². The molecule has 1 fully saturated rings. The molecule has 1 aromatic rings. The van der Waals surface area contributed by atoms with Crippen molar-refractivity contribution < 1.29 is 22.7 Å². The Balaban J connectivity index is 2.28. The van der Waals surface area contributed by atoms with Crippen molar-refractivity contribution in [2.75, 3.05) is 32.9 Å². The van der Waals surface area contributed by atoms with Gasteiger partial charge in [0.15, 0.2) is 0 Å². The van der Waals surface area contributed by atoms with E-state index in [2.05, 4.69) is 6.58 Å². The molecule has 1 heterocycles. The molecular formula is C15H18ClNO5S. The molecule has 0 radical (unpaired) electrons. The molecule has 1 aromatic carbocycles. The second kappa shape index (κ2) is 7.44. The molecule has 8 heteroatoms. The standard InChI is InChI=1S/C15H18ClNO5S/c1-11(2)10-22-15(18)13-9-12(3-4-14(13)16)23(19,20)17-5-7-21-8-6-17/h3-4,9H,1,5-8,10H2,2H3. The number of rotatable bonds is 5. The Hall–Kier alpha value is -1.41. The fraction of sp³-hybridized carbons (Fsp3) is 0.400. The summed E-state index contributed by atoms with van der Waals surface area (Å²) in [5, 5.41) is 0.137. The third kappa shape index (κ3) is 4.32. The second-order valence-corrected chi connectivity index (χ2v) is 7.54. The summed E-state index contributed by atoms with van der Waals surface area (Å²) >= 11 is 5.99. The molecule has 0 saturated carbocycles. The molecule has 0 bridgehead atoms. The first-order valence-corrected chi connectivity index (χ1v) is 8.83. The zero-order valence-corrected chi connectivity index (χ0v) is 14.3. The van der Waals surface area contributed by atoms with Crippen molar-refractivity contribution >= 4 is 27.6 Å². The highest BCUT2D eigenvalue weighted by atomic mass is 35.5. The summed E-state index contributed by atoms with van der Waals surface area (Å²) in [6.07, 6.45) is 0. The van der Waals surface area contributed by atoms with Gasteiger partial charge in [0.25, 0.3) is 0 Å². The van der Waals surface area contributed by atoms with E-state index in [1.807, 2.05) is 0 Å². The summed E-state index contributed by atoms with van der Waals surface area (Å²) in [6, 6.07) is 4.00. The van der Waals surface area contributed by atoms with Crippen LogP contribution in [-0.2, 0) is 19.5 Å². The molecular weight excluding hydrogens is 342 g/mol. The van der Waals surface area contributed by atoms with Crippen LogP contribution in [0.5, 0.6) is 0 Å². The van der Waals surface area contributed by atoms with Gasteiger partial charge in [-0.05, 0) is 30.7 Å². The van der Waals surface area contributed by atoms with E-state index in [1.54, 1.807) is 6.92 Å². The average molecular weight is 360 g/mol. The van der Waals surface area contributed by atoms with Crippen LogP contribution in [0.25, 0.3) is 0 Å². The van der Waals surface area contributed by atoms with Crippen LogP contribution in [-0.4, -0.2) is 51.6 Å². The lowest BCUT2D eigenvalue weighted by Crippen LogP contribution is -2.40. The van der Waals surface area contributed by atoms with Gasteiger partial charge in [-0.2, -0.15) is 4.31 Å². The van der Waals surface area contributed by atoms with E-state index < -0.39 is 16.0 Å². The largest absolute Gasteiger partial charge is 0.458 e. The normalized spacial score (nSPS) is 16.1. The minimum atomic E-state index is -3.70. The molecule has 0 aromatic heterocycles. The van der Waals surface area contributed by atoms with Gasteiger partial charge in [-0.3, -0.25) is 0 Å². The number of nitrogens with zero attached hydrogens (tertiary/aromatic N) is 1. The minimum Gasteiger partial charge on any atom is -0.458 e. The monoisotopic (exact) mass is 359 g/mol. The molecule has 0 amide bonds. The highest BCUT2D eigenvalue weighted by Crippen LogP contribution is 2.24. The minimum absolute atomic E-state index is 0.00563. The molecule has 2 rings (SSSR count). The summed E-state index contributed by atoms with van der Waals surface area (Å²) in [5.74, 6) is -0.683. The molecule has 1 aliphatic rings. The first-order valence-electron chi connectivity index (χ1n) is 7.01. The number of morpholine rings is 1. The van der Waals surface area contributed by atoms with Crippen molar-refractivity contribution in [3.63, 3.8) is 0 Å². The Kier molecular flexibility index (Phi) is 5.80. The second-order valence-electron chi connectivity index (χ2n) is 5.19. The maximum atomic E-state index is 12.6. The third-order valence-corrected chi connectivity index (χ3v) is 5.44. The van der Waals surface area contributed by atoms with Crippen molar-refractivity contribution in [1.82, 2.24) is 4.31 Å². The van der Waals surface area contributed by atoms with E-state index in [4.69, 9.17) is 21.1 Å². The van der Waals surface area contributed by atoms with Gasteiger partial charge in [-0.15, -0.1) is 0 Å². The fourth-order valence-corrected chi connectivity index (χ4v) is 3.65. The number of carbonyl (C=O) groups is 1. The molecule has 1 aliphatic heterocycles. The van der Waals surface area contributed by atoms with Crippen molar-refractivity contribution in [1.29, 1.82) is 0 Å². The number of esters is 1. The summed E-state index contributed by atoms with van der Waals surface area (Å²) in [4.78, 5) is 12.1. The van der Waals surface area contributed by atoms with E-state index >= 15 is 0 Å². The first-order chi connectivity index (χ1) is 10.8. The van der Waals surface area contributed by atoms with Crippen molar-refractivity contribution in [2.45, 2.75) is 11.8 Å². The predicted octanol–water partition coefficient (Wildman–Crippen LogP) is 2.09. The molecule has 1 saturated heterocycles. The van der Waals surface area contributed by atoms with Gasteiger partial charge >= 0.3 is 5.97 Å². The lowest BCUT2D eigenvalue weighted by atomic mass is 10.2. The Morgan fingerprint density at radius 3 is 2.65 bits per heavy atom. The van der Waals surface area contributed by atoms with Crippen LogP contribution in [0.3, 0.4) is 0 Å². The zero-order valence-electron chi connectivity index (χ0n) is 12.7. The predicted molar refractivity (Wildman–Crippen MR) is 86.1 cm³/mol. The highest BCUT2D eigenvalue weighted by Gasteiger charge is 2.27. The zero-order chi connectivity index (χ0) is 17.0. The molecule has 0 atom stereocenters. The van der Waals surface area contributed by atoms with Gasteiger partial charge < -0.3 is 9.47 Å². The number of sulfonamides is 1.